The molecule has 13 heavy (non-hydrogen) atoms. The molecule has 0 fully saturated rings. The SMILES string of the molecule is Cc1cc(Br)cc(Cl)c1CC(=O)O. The van der Waals surface area contributed by atoms with Crippen LogP contribution in [0.4, 0.5) is 0 Å². The Bertz CT molecular complexity index is 326. The number of carboxylic acid groups (broad SMARTS) is 1. The van der Waals surface area contributed by atoms with Gasteiger partial charge in [0.05, 0.1) is 6.42 Å². The van der Waals surface area contributed by atoms with E-state index in [0.717, 1.165) is 10.0 Å². The average Bonchev–Trinajstić information content (AvgIpc) is 1.96. The van der Waals surface area contributed by atoms with Crippen LogP contribution in [0, 0.1) is 6.92 Å². The van der Waals surface area contributed by atoms with E-state index in [1.54, 1.807) is 6.07 Å². The summed E-state index contributed by atoms with van der Waals surface area (Å²) in [4.78, 5) is 10.5. The normalized spacial score (nSPS) is 10.1. The molecule has 2 nitrogen and oxygen atoms in total. The summed E-state index contributed by atoms with van der Waals surface area (Å²) in [6.07, 6.45) is -0.0298. The van der Waals surface area contributed by atoms with Crippen LogP contribution in [0.2, 0.25) is 5.02 Å². The van der Waals surface area contributed by atoms with Gasteiger partial charge in [-0.2, -0.15) is 0 Å². The summed E-state index contributed by atoms with van der Waals surface area (Å²) in [5.74, 6) is -0.868. The van der Waals surface area contributed by atoms with Crippen molar-refractivity contribution in [1.29, 1.82) is 0 Å². The number of aryl methyl sites for hydroxylation is 1. The molecule has 70 valence electrons. The van der Waals surface area contributed by atoms with Gasteiger partial charge in [0.15, 0.2) is 0 Å². The van der Waals surface area contributed by atoms with Gasteiger partial charge in [-0.1, -0.05) is 27.5 Å². The Kier molecular flexibility index (Phi) is 3.33. The number of carbonyl (C=O) groups is 1. The molecule has 0 bridgehead atoms. The van der Waals surface area contributed by atoms with Crippen molar-refractivity contribution in [3.8, 4) is 0 Å². The van der Waals surface area contributed by atoms with Crippen molar-refractivity contribution in [3.63, 3.8) is 0 Å². The maximum atomic E-state index is 10.5. The molecule has 1 aromatic rings. The fourth-order valence-corrected chi connectivity index (χ4v) is 2.14. The van der Waals surface area contributed by atoms with Crippen molar-refractivity contribution >= 4 is 33.5 Å². The Labute approximate surface area is 89.7 Å². The van der Waals surface area contributed by atoms with Crippen molar-refractivity contribution in [2.75, 3.05) is 0 Å². The van der Waals surface area contributed by atoms with Gasteiger partial charge in [-0.3, -0.25) is 4.79 Å². The first-order chi connectivity index (χ1) is 6.00. The van der Waals surface area contributed by atoms with E-state index in [1.807, 2.05) is 13.0 Å². The largest absolute Gasteiger partial charge is 0.481 e. The Morgan fingerprint density at radius 2 is 2.23 bits per heavy atom. The van der Waals surface area contributed by atoms with Gasteiger partial charge < -0.3 is 5.11 Å². The average molecular weight is 264 g/mol. The van der Waals surface area contributed by atoms with Gasteiger partial charge in [0.25, 0.3) is 0 Å². The number of hydrogen-bond acceptors (Lipinski definition) is 1. The van der Waals surface area contributed by atoms with E-state index >= 15 is 0 Å². The van der Waals surface area contributed by atoms with Crippen LogP contribution in [0.1, 0.15) is 11.1 Å². The Balaban J connectivity index is 3.13. The van der Waals surface area contributed by atoms with Gasteiger partial charge in [-0.15, -0.1) is 0 Å². The van der Waals surface area contributed by atoms with Crippen LogP contribution in [0.25, 0.3) is 0 Å². The number of halogens is 2. The third-order valence-electron chi connectivity index (χ3n) is 1.71. The summed E-state index contributed by atoms with van der Waals surface area (Å²) in [5.41, 5.74) is 1.57. The van der Waals surface area contributed by atoms with Crippen LogP contribution in [0.5, 0.6) is 0 Å². The molecule has 0 aliphatic rings. The van der Waals surface area contributed by atoms with E-state index in [-0.39, 0.29) is 6.42 Å². The van der Waals surface area contributed by atoms with E-state index in [4.69, 9.17) is 16.7 Å². The maximum absolute atomic E-state index is 10.5. The summed E-state index contributed by atoms with van der Waals surface area (Å²) < 4.78 is 0.865. The van der Waals surface area contributed by atoms with Crippen molar-refractivity contribution in [1.82, 2.24) is 0 Å². The first kappa shape index (κ1) is 10.5. The van der Waals surface area contributed by atoms with Gasteiger partial charge >= 0.3 is 5.97 Å². The lowest BCUT2D eigenvalue weighted by atomic mass is 10.1. The highest BCUT2D eigenvalue weighted by atomic mass is 79.9. The molecule has 0 aliphatic heterocycles. The zero-order chi connectivity index (χ0) is 10.0. The van der Waals surface area contributed by atoms with Gasteiger partial charge in [0.1, 0.15) is 0 Å². The van der Waals surface area contributed by atoms with Gasteiger partial charge in [0.2, 0.25) is 0 Å². The van der Waals surface area contributed by atoms with Crippen molar-refractivity contribution < 1.29 is 9.90 Å². The second kappa shape index (κ2) is 4.11. The number of aliphatic carboxylic acids is 1. The Morgan fingerprint density at radius 3 is 2.69 bits per heavy atom. The zero-order valence-corrected chi connectivity index (χ0v) is 9.32. The summed E-state index contributed by atoms with van der Waals surface area (Å²) in [5, 5.41) is 9.11. The van der Waals surface area contributed by atoms with E-state index in [2.05, 4.69) is 15.9 Å². The molecule has 0 unspecified atom stereocenters. The summed E-state index contributed by atoms with van der Waals surface area (Å²) in [7, 11) is 0. The molecular weight excluding hydrogens is 255 g/mol. The van der Waals surface area contributed by atoms with Crippen LogP contribution in [0.3, 0.4) is 0 Å². The predicted molar refractivity (Wildman–Crippen MR) is 55.2 cm³/mol. The number of hydrogen-bond donors (Lipinski definition) is 1. The van der Waals surface area contributed by atoms with Crippen LogP contribution in [-0.2, 0) is 11.2 Å². The highest BCUT2D eigenvalue weighted by Crippen LogP contribution is 2.25. The second-order valence-corrected chi connectivity index (χ2v) is 4.08. The van der Waals surface area contributed by atoms with Crippen LogP contribution in [-0.4, -0.2) is 11.1 Å². The summed E-state index contributed by atoms with van der Waals surface area (Å²) >= 11 is 9.17. The molecule has 0 saturated carbocycles. The minimum atomic E-state index is -0.868. The first-order valence-corrected chi connectivity index (χ1v) is 4.84. The maximum Gasteiger partial charge on any atom is 0.307 e. The quantitative estimate of drug-likeness (QED) is 0.890. The lowest BCUT2D eigenvalue weighted by Crippen LogP contribution is -2.02. The first-order valence-electron chi connectivity index (χ1n) is 3.67. The fraction of sp³-hybridized carbons (Fsp3) is 0.222. The van der Waals surface area contributed by atoms with Crippen molar-refractivity contribution in [2.24, 2.45) is 0 Å². The molecule has 0 amide bonds. The topological polar surface area (TPSA) is 37.3 Å². The molecule has 0 aromatic heterocycles. The standard InChI is InChI=1S/C9H8BrClO2/c1-5-2-6(10)3-8(11)7(5)4-9(12)13/h2-3H,4H2,1H3,(H,12,13). The third kappa shape index (κ3) is 2.71. The van der Waals surface area contributed by atoms with Crippen molar-refractivity contribution in [3.05, 3.63) is 32.8 Å². The zero-order valence-electron chi connectivity index (χ0n) is 6.97. The minimum Gasteiger partial charge on any atom is -0.481 e. The lowest BCUT2D eigenvalue weighted by Gasteiger charge is -2.06. The molecule has 1 N–H and O–H groups in total. The van der Waals surface area contributed by atoms with Gasteiger partial charge in [0, 0.05) is 9.50 Å². The van der Waals surface area contributed by atoms with Crippen molar-refractivity contribution in [2.45, 2.75) is 13.3 Å². The van der Waals surface area contributed by atoms with Crippen LogP contribution >= 0.6 is 27.5 Å². The molecular formula is C9H8BrClO2. The summed E-state index contributed by atoms with van der Waals surface area (Å²) in [6.45, 7) is 1.84. The number of carboxylic acids is 1. The second-order valence-electron chi connectivity index (χ2n) is 2.75. The van der Waals surface area contributed by atoms with E-state index in [9.17, 15) is 4.79 Å². The fourth-order valence-electron chi connectivity index (χ4n) is 1.11. The minimum absolute atomic E-state index is 0.0298. The molecule has 0 heterocycles. The van der Waals surface area contributed by atoms with Gasteiger partial charge in [-0.05, 0) is 30.2 Å². The highest BCUT2D eigenvalue weighted by molar-refractivity contribution is 9.10. The highest BCUT2D eigenvalue weighted by Gasteiger charge is 2.09. The number of benzene rings is 1. The van der Waals surface area contributed by atoms with Gasteiger partial charge in [-0.25, -0.2) is 0 Å². The molecule has 1 rings (SSSR count). The smallest absolute Gasteiger partial charge is 0.307 e. The molecule has 0 radical (unpaired) electrons. The molecule has 0 atom stereocenters. The van der Waals surface area contributed by atoms with E-state index < -0.39 is 5.97 Å². The lowest BCUT2D eigenvalue weighted by molar-refractivity contribution is -0.136. The molecule has 0 spiro atoms. The van der Waals surface area contributed by atoms with E-state index in [1.165, 1.54) is 0 Å². The van der Waals surface area contributed by atoms with Crippen LogP contribution < -0.4 is 0 Å². The van der Waals surface area contributed by atoms with Crippen LogP contribution in [0.15, 0.2) is 16.6 Å². The monoisotopic (exact) mass is 262 g/mol. The molecule has 1 aromatic carbocycles. The number of rotatable bonds is 2. The predicted octanol–water partition coefficient (Wildman–Crippen LogP) is 3.04. The molecule has 4 heteroatoms. The molecule has 0 saturated heterocycles. The third-order valence-corrected chi connectivity index (χ3v) is 2.51. The van der Waals surface area contributed by atoms with E-state index in [0.29, 0.717) is 10.6 Å². The molecule has 0 aliphatic carbocycles. The Hall–Kier alpha value is -0.540. The Morgan fingerprint density at radius 1 is 1.62 bits per heavy atom. The summed E-state index contributed by atoms with van der Waals surface area (Å²) in [6, 6.07) is 3.55.